The summed E-state index contributed by atoms with van der Waals surface area (Å²) in [5, 5.41) is 3.30. The van der Waals surface area contributed by atoms with Crippen LogP contribution in [0.5, 0.6) is 0 Å². The van der Waals surface area contributed by atoms with Crippen LogP contribution in [0.1, 0.15) is 82.9 Å². The molecule has 2 aromatic heterocycles. The third-order valence-corrected chi connectivity index (χ3v) is 7.26. The number of aromatic nitrogens is 3. The van der Waals surface area contributed by atoms with Gasteiger partial charge in [0.05, 0.1) is 11.8 Å². The van der Waals surface area contributed by atoms with E-state index in [4.69, 9.17) is 9.72 Å². The number of nitrogens with one attached hydrogen (secondary N) is 2. The van der Waals surface area contributed by atoms with E-state index in [2.05, 4.69) is 31.8 Å². The molecule has 9 nitrogen and oxygen atoms in total. The van der Waals surface area contributed by atoms with E-state index in [0.717, 1.165) is 49.6 Å². The first kappa shape index (κ1) is 31.4. The summed E-state index contributed by atoms with van der Waals surface area (Å²) < 4.78 is 8.90. The minimum Gasteiger partial charge on any atom is -0.491 e. The van der Waals surface area contributed by atoms with Gasteiger partial charge in [0.25, 0.3) is 5.91 Å². The summed E-state index contributed by atoms with van der Waals surface area (Å²) >= 11 is 1.46. The third-order valence-electron chi connectivity index (χ3n) is 6.84. The smallest absolute Gasteiger partial charge is 0.254 e. The lowest BCUT2D eigenvalue weighted by Gasteiger charge is -2.41. The molecule has 10 heteroatoms. The van der Waals surface area contributed by atoms with Gasteiger partial charge < -0.3 is 19.7 Å². The van der Waals surface area contributed by atoms with Gasteiger partial charge in [-0.05, 0) is 71.7 Å². The lowest BCUT2D eigenvalue weighted by molar-refractivity contribution is 0.0460. The standard InChI is InChI=1S/C28H39N7O2S.C2H6/c1-7-24(37-18(2)3)12-19(4)31-28-30-15-22-16-34(17-25(22)32-28)23-9-11-35(20(5)13-23)27(36)21-8-10-29-26(14-21)33-38-6;1-2/h7-8,10,12,14-15,18,20,23H,9,11,13,16-17H2,1-6H3,(H,29,33)(H,30,31,32);1-2H3/b19-12+,24-7+;/t20-,23-;/m1./s1. The third kappa shape index (κ3) is 8.20. The highest BCUT2D eigenvalue weighted by Crippen LogP contribution is 2.30. The number of rotatable bonds is 9. The fourth-order valence-corrected chi connectivity index (χ4v) is 5.37. The second-order valence-corrected chi connectivity index (χ2v) is 10.8. The Bertz CT molecular complexity index is 1200. The van der Waals surface area contributed by atoms with Crippen LogP contribution in [-0.2, 0) is 17.8 Å². The van der Waals surface area contributed by atoms with Crippen molar-refractivity contribution in [2.45, 2.75) is 92.6 Å². The number of allylic oxidation sites excluding steroid dienone is 3. The lowest BCUT2D eigenvalue weighted by atomic mass is 9.96. The average molecular weight is 568 g/mol. The molecule has 2 aliphatic heterocycles. The van der Waals surface area contributed by atoms with Crippen LogP contribution in [0.15, 0.2) is 48.1 Å². The van der Waals surface area contributed by atoms with Gasteiger partial charge in [0, 0.05) is 67.2 Å². The van der Waals surface area contributed by atoms with Crippen molar-refractivity contribution in [3.63, 3.8) is 0 Å². The van der Waals surface area contributed by atoms with Gasteiger partial charge >= 0.3 is 0 Å². The summed E-state index contributed by atoms with van der Waals surface area (Å²) in [6.07, 6.45) is 11.5. The summed E-state index contributed by atoms with van der Waals surface area (Å²) in [4.78, 5) is 31.4. The minimum absolute atomic E-state index is 0.0667. The molecule has 4 heterocycles. The molecule has 1 fully saturated rings. The summed E-state index contributed by atoms with van der Waals surface area (Å²) in [6, 6.07) is 4.17. The van der Waals surface area contributed by atoms with Gasteiger partial charge in [-0.3, -0.25) is 9.69 Å². The van der Waals surface area contributed by atoms with Crippen molar-refractivity contribution in [3.8, 4) is 0 Å². The zero-order valence-corrected chi connectivity index (χ0v) is 26.0. The molecule has 0 aliphatic carbocycles. The van der Waals surface area contributed by atoms with Gasteiger partial charge in [0.15, 0.2) is 0 Å². The lowest BCUT2D eigenvalue weighted by Crippen LogP contribution is -2.50. The molecule has 0 aromatic carbocycles. The molecule has 1 amide bonds. The Morgan fingerprint density at radius 3 is 2.70 bits per heavy atom. The molecule has 0 spiro atoms. The molecule has 0 saturated carbocycles. The zero-order valence-electron chi connectivity index (χ0n) is 25.2. The minimum atomic E-state index is 0.0667. The second kappa shape index (κ2) is 15.0. The predicted molar refractivity (Wildman–Crippen MR) is 165 cm³/mol. The maximum Gasteiger partial charge on any atom is 0.254 e. The first-order valence-electron chi connectivity index (χ1n) is 14.2. The first-order chi connectivity index (χ1) is 19.3. The largest absolute Gasteiger partial charge is 0.491 e. The second-order valence-electron chi connectivity index (χ2n) is 10.1. The number of hydrogen-bond donors (Lipinski definition) is 2. The Kier molecular flexibility index (Phi) is 11.8. The van der Waals surface area contributed by atoms with E-state index in [0.29, 0.717) is 23.4 Å². The van der Waals surface area contributed by atoms with Crippen molar-refractivity contribution in [2.24, 2.45) is 0 Å². The summed E-state index contributed by atoms with van der Waals surface area (Å²) in [5.74, 6) is 2.18. The van der Waals surface area contributed by atoms with Crippen LogP contribution in [0.25, 0.3) is 0 Å². The SMILES string of the molecule is C/C=C(\C=C(/C)Nc1ncc2c(n1)CN([C@@H]1CCN(C(=O)c3ccnc(NSC)c3)[C@H](C)C1)C2)OC(C)C.CC. The Morgan fingerprint density at radius 1 is 1.25 bits per heavy atom. The highest BCUT2D eigenvalue weighted by atomic mass is 32.2. The maximum atomic E-state index is 13.2. The number of fused-ring (bicyclic) bond motifs is 1. The highest BCUT2D eigenvalue weighted by Gasteiger charge is 2.35. The van der Waals surface area contributed by atoms with Gasteiger partial charge in [0.1, 0.15) is 11.6 Å². The Morgan fingerprint density at radius 2 is 2.02 bits per heavy atom. The van der Waals surface area contributed by atoms with Crippen LogP contribution in [0.2, 0.25) is 0 Å². The Labute approximate surface area is 244 Å². The molecule has 2 aromatic rings. The van der Waals surface area contributed by atoms with Gasteiger partial charge in [-0.25, -0.2) is 15.0 Å². The van der Waals surface area contributed by atoms with Crippen molar-refractivity contribution >= 4 is 29.6 Å². The number of likely N-dealkylation sites (tertiary alicyclic amines) is 1. The predicted octanol–water partition coefficient (Wildman–Crippen LogP) is 6.24. The molecule has 1 saturated heterocycles. The molecule has 2 atom stereocenters. The number of hydrogen-bond acceptors (Lipinski definition) is 9. The molecule has 0 bridgehead atoms. The van der Waals surface area contributed by atoms with Gasteiger partial charge in [-0.1, -0.05) is 25.8 Å². The van der Waals surface area contributed by atoms with E-state index >= 15 is 0 Å². The maximum absolute atomic E-state index is 13.2. The molecule has 218 valence electrons. The molecule has 4 rings (SSSR count). The average Bonchev–Trinajstić information content (AvgIpc) is 3.37. The van der Waals surface area contributed by atoms with Gasteiger partial charge in [-0.2, -0.15) is 0 Å². The van der Waals surface area contributed by atoms with Gasteiger partial charge in [-0.15, -0.1) is 0 Å². The van der Waals surface area contributed by atoms with Crippen LogP contribution >= 0.6 is 11.9 Å². The number of ether oxygens (including phenoxy) is 1. The summed E-state index contributed by atoms with van der Waals surface area (Å²) in [5.41, 5.74) is 3.83. The molecular formula is C30H45N7O2S. The molecule has 40 heavy (non-hydrogen) atoms. The topological polar surface area (TPSA) is 95.5 Å². The molecule has 2 aliphatic rings. The quantitative estimate of drug-likeness (QED) is 0.207. The normalized spacial score (nSPS) is 19.6. The monoisotopic (exact) mass is 567 g/mol. The number of amides is 1. The van der Waals surface area contributed by atoms with Crippen LogP contribution in [0.4, 0.5) is 11.8 Å². The number of carbonyl (C=O) groups excluding carboxylic acids is 1. The van der Waals surface area contributed by atoms with Crippen molar-refractivity contribution in [1.82, 2.24) is 24.8 Å². The van der Waals surface area contributed by atoms with Crippen molar-refractivity contribution < 1.29 is 9.53 Å². The van der Waals surface area contributed by atoms with Crippen molar-refractivity contribution in [2.75, 3.05) is 22.8 Å². The van der Waals surface area contributed by atoms with E-state index in [1.807, 2.05) is 77.1 Å². The summed E-state index contributed by atoms with van der Waals surface area (Å²) in [6.45, 7) is 16.5. The Balaban J connectivity index is 0.00000216. The van der Waals surface area contributed by atoms with E-state index in [-0.39, 0.29) is 18.1 Å². The van der Waals surface area contributed by atoms with Crippen molar-refractivity contribution in [3.05, 3.63) is 65.0 Å². The zero-order chi connectivity index (χ0) is 29.2. The number of nitrogens with zero attached hydrogens (tertiary/aromatic N) is 5. The number of anilines is 2. The molecule has 2 N–H and O–H groups in total. The fraction of sp³-hybridized carbons (Fsp3) is 0.533. The number of pyridine rings is 1. The van der Waals surface area contributed by atoms with Crippen LogP contribution in [0.3, 0.4) is 0 Å². The fourth-order valence-electron chi connectivity index (χ4n) is 5.05. The Hall–Kier alpha value is -3.11. The summed E-state index contributed by atoms with van der Waals surface area (Å²) in [7, 11) is 0. The molecule has 0 radical (unpaired) electrons. The number of piperidine rings is 1. The van der Waals surface area contributed by atoms with E-state index < -0.39 is 0 Å². The first-order valence-corrected chi connectivity index (χ1v) is 15.4. The van der Waals surface area contributed by atoms with Crippen LogP contribution in [0, 0.1) is 0 Å². The van der Waals surface area contributed by atoms with E-state index in [1.165, 1.54) is 17.5 Å². The van der Waals surface area contributed by atoms with Gasteiger partial charge in [0.2, 0.25) is 5.95 Å². The molecular weight excluding hydrogens is 522 g/mol. The van der Waals surface area contributed by atoms with E-state index in [9.17, 15) is 4.79 Å². The number of carbonyl (C=O) groups is 1. The van der Waals surface area contributed by atoms with Crippen LogP contribution in [-0.4, -0.2) is 61.6 Å². The highest BCUT2D eigenvalue weighted by molar-refractivity contribution is 7.99. The van der Waals surface area contributed by atoms with Crippen molar-refractivity contribution in [1.29, 1.82) is 0 Å². The molecule has 0 unspecified atom stereocenters. The van der Waals surface area contributed by atoms with E-state index in [1.54, 1.807) is 12.3 Å². The van der Waals surface area contributed by atoms with Crippen LogP contribution < -0.4 is 10.0 Å².